The minimum Gasteiger partial charge on any atom is -0.494 e. The summed E-state index contributed by atoms with van der Waals surface area (Å²) in [4.78, 5) is 0. The number of hydrogen-bond acceptors (Lipinski definition) is 4. The molecule has 1 atom stereocenters. The lowest BCUT2D eigenvalue weighted by atomic mass is 9.97. The van der Waals surface area contributed by atoms with Crippen LogP contribution in [0, 0.1) is 11.8 Å². The standard InChI is InChI=1S/C32H36Br2N2O2/c1-22(2)6-4-7-23(3)16-17-37-29-14-12-25(13-15-29)31-35-36-32(38-31)27-9-5-8-26(19-27)30-18-24(20-33)10-11-28(30)21-34/h5,8-15,18-19,22-23H,4,6-7,16-17,20-21H2,1-3H3. The van der Waals surface area contributed by atoms with E-state index >= 15 is 0 Å². The molecule has 0 saturated carbocycles. The van der Waals surface area contributed by atoms with Crippen LogP contribution in [0.25, 0.3) is 34.0 Å². The van der Waals surface area contributed by atoms with Crippen molar-refractivity contribution in [2.24, 2.45) is 11.8 Å². The number of ether oxygens (including phenoxy) is 1. The van der Waals surface area contributed by atoms with E-state index in [-0.39, 0.29) is 0 Å². The minimum absolute atomic E-state index is 0.498. The van der Waals surface area contributed by atoms with Crippen molar-refractivity contribution in [1.82, 2.24) is 10.2 Å². The van der Waals surface area contributed by atoms with E-state index in [2.05, 4.69) is 93.2 Å². The maximum atomic E-state index is 6.08. The molecule has 1 aromatic heterocycles. The van der Waals surface area contributed by atoms with E-state index < -0.39 is 0 Å². The van der Waals surface area contributed by atoms with Crippen LogP contribution in [-0.4, -0.2) is 16.8 Å². The second kappa shape index (κ2) is 14.1. The number of alkyl halides is 2. The zero-order valence-electron chi connectivity index (χ0n) is 22.4. The van der Waals surface area contributed by atoms with Gasteiger partial charge in [-0.3, -0.25) is 0 Å². The molecule has 0 N–H and O–H groups in total. The van der Waals surface area contributed by atoms with Crippen molar-refractivity contribution in [3.8, 4) is 39.8 Å². The third kappa shape index (κ3) is 7.79. The molecule has 4 nitrogen and oxygen atoms in total. The Kier molecular flexibility index (Phi) is 10.6. The van der Waals surface area contributed by atoms with Gasteiger partial charge in [0.25, 0.3) is 0 Å². The molecule has 0 aliphatic carbocycles. The highest BCUT2D eigenvalue weighted by Crippen LogP contribution is 2.32. The second-order valence-corrected chi connectivity index (χ2v) is 11.5. The van der Waals surface area contributed by atoms with E-state index in [1.165, 1.54) is 36.0 Å². The highest BCUT2D eigenvalue weighted by atomic mass is 79.9. The Morgan fingerprint density at radius 2 is 1.50 bits per heavy atom. The lowest BCUT2D eigenvalue weighted by Gasteiger charge is -2.13. The highest BCUT2D eigenvalue weighted by molar-refractivity contribution is 9.08. The summed E-state index contributed by atoms with van der Waals surface area (Å²) < 4.78 is 12.1. The Hall–Kier alpha value is -2.44. The fourth-order valence-corrected chi connectivity index (χ4v) is 5.30. The molecule has 0 radical (unpaired) electrons. The van der Waals surface area contributed by atoms with E-state index in [4.69, 9.17) is 9.15 Å². The Morgan fingerprint density at radius 3 is 2.21 bits per heavy atom. The van der Waals surface area contributed by atoms with Crippen LogP contribution >= 0.6 is 31.9 Å². The van der Waals surface area contributed by atoms with Gasteiger partial charge in [0.1, 0.15) is 5.75 Å². The topological polar surface area (TPSA) is 48.2 Å². The lowest BCUT2D eigenvalue weighted by molar-refractivity contribution is 0.276. The fourth-order valence-electron chi connectivity index (χ4n) is 4.46. The molecule has 38 heavy (non-hydrogen) atoms. The summed E-state index contributed by atoms with van der Waals surface area (Å²) in [5.74, 6) is 3.33. The number of nitrogens with zero attached hydrogens (tertiary/aromatic N) is 2. The predicted molar refractivity (Wildman–Crippen MR) is 164 cm³/mol. The smallest absolute Gasteiger partial charge is 0.248 e. The molecule has 6 heteroatoms. The minimum atomic E-state index is 0.498. The third-order valence-electron chi connectivity index (χ3n) is 6.78. The van der Waals surface area contributed by atoms with Crippen LogP contribution in [0.4, 0.5) is 0 Å². The molecule has 0 spiro atoms. The van der Waals surface area contributed by atoms with E-state index in [9.17, 15) is 0 Å². The van der Waals surface area contributed by atoms with Crippen LogP contribution in [0.5, 0.6) is 5.75 Å². The molecule has 4 aromatic rings. The first kappa shape index (κ1) is 28.6. The molecule has 0 bridgehead atoms. The summed E-state index contributed by atoms with van der Waals surface area (Å²) in [7, 11) is 0. The molecule has 0 aliphatic rings. The first-order valence-electron chi connectivity index (χ1n) is 13.4. The van der Waals surface area contributed by atoms with Crippen molar-refractivity contribution in [3.05, 3.63) is 77.9 Å². The van der Waals surface area contributed by atoms with E-state index in [0.29, 0.717) is 17.7 Å². The van der Waals surface area contributed by atoms with Gasteiger partial charge in [-0.1, -0.05) is 102 Å². The number of halogens is 2. The Labute approximate surface area is 243 Å². The number of benzene rings is 3. The zero-order valence-corrected chi connectivity index (χ0v) is 25.6. The number of aromatic nitrogens is 2. The molecule has 3 aromatic carbocycles. The third-order valence-corrected chi connectivity index (χ3v) is 8.03. The van der Waals surface area contributed by atoms with Crippen molar-refractivity contribution >= 4 is 31.9 Å². The van der Waals surface area contributed by atoms with Gasteiger partial charge in [0, 0.05) is 21.8 Å². The van der Waals surface area contributed by atoms with Gasteiger partial charge in [0.05, 0.1) is 6.61 Å². The first-order chi connectivity index (χ1) is 18.5. The quantitative estimate of drug-likeness (QED) is 0.137. The van der Waals surface area contributed by atoms with E-state index in [1.54, 1.807) is 0 Å². The first-order valence-corrected chi connectivity index (χ1v) is 15.6. The summed E-state index contributed by atoms with van der Waals surface area (Å²) in [6.45, 7) is 7.63. The Morgan fingerprint density at radius 1 is 0.763 bits per heavy atom. The lowest BCUT2D eigenvalue weighted by Crippen LogP contribution is -2.04. The van der Waals surface area contributed by atoms with Gasteiger partial charge in [-0.2, -0.15) is 0 Å². The highest BCUT2D eigenvalue weighted by Gasteiger charge is 2.13. The summed E-state index contributed by atoms with van der Waals surface area (Å²) in [5, 5.41) is 10.3. The summed E-state index contributed by atoms with van der Waals surface area (Å²) >= 11 is 7.19. The maximum Gasteiger partial charge on any atom is 0.248 e. The second-order valence-electron chi connectivity index (χ2n) is 10.3. The Balaban J connectivity index is 1.39. The van der Waals surface area contributed by atoms with E-state index in [0.717, 1.165) is 52.0 Å². The molecule has 200 valence electrons. The zero-order chi connectivity index (χ0) is 26.9. The van der Waals surface area contributed by atoms with Crippen molar-refractivity contribution in [2.75, 3.05) is 6.61 Å². The van der Waals surface area contributed by atoms with Crippen molar-refractivity contribution in [3.63, 3.8) is 0 Å². The van der Waals surface area contributed by atoms with Crippen LogP contribution in [0.3, 0.4) is 0 Å². The summed E-state index contributed by atoms with van der Waals surface area (Å²) in [5.41, 5.74) is 6.56. The molecule has 0 amide bonds. The molecule has 0 saturated heterocycles. The predicted octanol–water partition coefficient (Wildman–Crippen LogP) is 10.1. The van der Waals surface area contributed by atoms with Crippen molar-refractivity contribution < 1.29 is 9.15 Å². The largest absolute Gasteiger partial charge is 0.494 e. The van der Waals surface area contributed by atoms with Gasteiger partial charge < -0.3 is 9.15 Å². The van der Waals surface area contributed by atoms with Gasteiger partial charge >= 0.3 is 0 Å². The Bertz CT molecular complexity index is 1300. The molecular weight excluding hydrogens is 604 g/mol. The average molecular weight is 640 g/mol. The molecule has 1 unspecified atom stereocenters. The van der Waals surface area contributed by atoms with Gasteiger partial charge in [-0.25, -0.2) is 0 Å². The normalized spacial score (nSPS) is 12.2. The monoisotopic (exact) mass is 638 g/mol. The van der Waals surface area contributed by atoms with Gasteiger partial charge in [-0.05, 0) is 76.9 Å². The van der Waals surface area contributed by atoms with Gasteiger partial charge in [0.2, 0.25) is 11.8 Å². The summed E-state index contributed by atoms with van der Waals surface area (Å²) in [6.07, 6.45) is 4.94. The molecule has 4 rings (SSSR count). The molecular formula is C32H36Br2N2O2. The van der Waals surface area contributed by atoms with Gasteiger partial charge in [0.15, 0.2) is 0 Å². The maximum absolute atomic E-state index is 6.08. The molecule has 1 heterocycles. The van der Waals surface area contributed by atoms with Crippen LogP contribution in [0.2, 0.25) is 0 Å². The van der Waals surface area contributed by atoms with Crippen LogP contribution in [0.15, 0.2) is 71.1 Å². The SMILES string of the molecule is CC(C)CCCC(C)CCOc1ccc(-c2nnc(-c3cccc(-c4cc(CBr)ccc4CBr)c3)o2)cc1. The fraction of sp³-hybridized carbons (Fsp3) is 0.375. The number of rotatable bonds is 13. The van der Waals surface area contributed by atoms with E-state index in [1.807, 2.05) is 36.4 Å². The average Bonchev–Trinajstić information content (AvgIpc) is 3.43. The van der Waals surface area contributed by atoms with Crippen molar-refractivity contribution in [2.45, 2.75) is 57.1 Å². The molecule has 0 aliphatic heterocycles. The number of hydrogen-bond donors (Lipinski definition) is 0. The van der Waals surface area contributed by atoms with Crippen molar-refractivity contribution in [1.29, 1.82) is 0 Å². The van der Waals surface area contributed by atoms with Crippen LogP contribution in [-0.2, 0) is 10.7 Å². The van der Waals surface area contributed by atoms with Gasteiger partial charge in [-0.15, -0.1) is 10.2 Å². The van der Waals surface area contributed by atoms with Crippen LogP contribution < -0.4 is 4.74 Å². The molecule has 0 fully saturated rings. The van der Waals surface area contributed by atoms with Crippen LogP contribution in [0.1, 0.15) is 57.6 Å². The summed E-state index contributed by atoms with van der Waals surface area (Å²) in [6, 6.07) is 22.7.